The molecular formula is C17H19Cl2NO. The minimum atomic E-state index is -0.779. The molecule has 1 aliphatic rings. The van der Waals surface area contributed by atoms with Crippen molar-refractivity contribution in [2.75, 3.05) is 0 Å². The van der Waals surface area contributed by atoms with Crippen molar-refractivity contribution in [1.82, 2.24) is 0 Å². The summed E-state index contributed by atoms with van der Waals surface area (Å²) in [6.45, 7) is 0. The van der Waals surface area contributed by atoms with Gasteiger partial charge in [-0.25, -0.2) is 0 Å². The zero-order valence-corrected chi connectivity index (χ0v) is 13.5. The predicted octanol–water partition coefficient (Wildman–Crippen LogP) is 5.53. The van der Waals surface area contributed by atoms with Crippen LogP contribution in [0.2, 0.25) is 10.0 Å². The summed E-state index contributed by atoms with van der Waals surface area (Å²) in [6, 6.07) is 7.10. The summed E-state index contributed by atoms with van der Waals surface area (Å²) in [5, 5.41) is 10.3. The molecule has 21 heavy (non-hydrogen) atoms. The van der Waals surface area contributed by atoms with Gasteiger partial charge in [0.15, 0.2) is 5.78 Å². The average molecular weight is 324 g/mol. The zero-order valence-electron chi connectivity index (χ0n) is 11.9. The first-order valence-corrected chi connectivity index (χ1v) is 8.27. The van der Waals surface area contributed by atoms with Crippen LogP contribution in [0.4, 0.5) is 0 Å². The number of ketones is 1. The van der Waals surface area contributed by atoms with Crippen molar-refractivity contribution in [3.05, 3.63) is 33.8 Å². The summed E-state index contributed by atoms with van der Waals surface area (Å²) in [6.07, 6.45) is 7.55. The van der Waals surface area contributed by atoms with Gasteiger partial charge in [-0.2, -0.15) is 5.26 Å². The second-order valence-electron chi connectivity index (χ2n) is 5.67. The maximum absolute atomic E-state index is 12.7. The highest BCUT2D eigenvalue weighted by molar-refractivity contribution is 6.35. The van der Waals surface area contributed by atoms with Crippen LogP contribution in [-0.2, 0) is 4.79 Å². The molecule has 4 heteroatoms. The Morgan fingerprint density at radius 1 is 1.14 bits per heavy atom. The molecule has 1 atom stereocenters. The number of hydrogen-bond acceptors (Lipinski definition) is 2. The van der Waals surface area contributed by atoms with E-state index in [4.69, 9.17) is 23.2 Å². The van der Waals surface area contributed by atoms with Gasteiger partial charge in [-0.15, -0.1) is 0 Å². The van der Waals surface area contributed by atoms with Gasteiger partial charge in [0.1, 0.15) is 5.92 Å². The molecule has 112 valence electrons. The molecule has 0 amide bonds. The smallest absolute Gasteiger partial charge is 0.157 e. The fourth-order valence-electron chi connectivity index (χ4n) is 3.00. The molecule has 0 aromatic heterocycles. The first-order valence-electron chi connectivity index (χ1n) is 7.51. The number of Topliss-reactive ketones (excluding diaryl/α,β-unsaturated/α-hetero) is 1. The van der Waals surface area contributed by atoms with E-state index < -0.39 is 5.92 Å². The van der Waals surface area contributed by atoms with Crippen LogP contribution in [0.15, 0.2) is 18.2 Å². The van der Waals surface area contributed by atoms with Crippen molar-refractivity contribution in [3.8, 4) is 6.07 Å². The Bertz CT molecular complexity index is 542. The maximum Gasteiger partial charge on any atom is 0.157 e. The fraction of sp³-hybridized carbons (Fsp3) is 0.529. The van der Waals surface area contributed by atoms with E-state index in [1.54, 1.807) is 18.2 Å². The highest BCUT2D eigenvalue weighted by Gasteiger charge is 2.29. The molecule has 1 fully saturated rings. The topological polar surface area (TPSA) is 40.9 Å². The Balaban J connectivity index is 2.19. The molecule has 0 bridgehead atoms. The normalized spacial score (nSPS) is 18.3. The van der Waals surface area contributed by atoms with Crippen molar-refractivity contribution < 1.29 is 4.79 Å². The van der Waals surface area contributed by atoms with Crippen LogP contribution in [0.1, 0.15) is 56.4 Å². The number of benzene rings is 1. The van der Waals surface area contributed by atoms with Crippen molar-refractivity contribution in [3.63, 3.8) is 0 Å². The summed E-state index contributed by atoms with van der Waals surface area (Å²) >= 11 is 12.0. The Morgan fingerprint density at radius 3 is 2.33 bits per heavy atom. The minimum Gasteiger partial charge on any atom is -0.298 e. The van der Waals surface area contributed by atoms with E-state index in [-0.39, 0.29) is 11.7 Å². The highest BCUT2D eigenvalue weighted by atomic mass is 35.5. The van der Waals surface area contributed by atoms with Crippen molar-refractivity contribution in [2.24, 2.45) is 5.92 Å². The van der Waals surface area contributed by atoms with Crippen molar-refractivity contribution in [2.45, 2.75) is 50.9 Å². The van der Waals surface area contributed by atoms with Crippen LogP contribution in [0.5, 0.6) is 0 Å². The first-order chi connectivity index (χ1) is 10.1. The Labute approximate surface area is 136 Å². The lowest BCUT2D eigenvalue weighted by Gasteiger charge is -2.21. The van der Waals surface area contributed by atoms with Gasteiger partial charge < -0.3 is 0 Å². The monoisotopic (exact) mass is 323 g/mol. The van der Waals surface area contributed by atoms with Crippen molar-refractivity contribution >= 4 is 29.0 Å². The van der Waals surface area contributed by atoms with Gasteiger partial charge >= 0.3 is 0 Å². The lowest BCUT2D eigenvalue weighted by atomic mass is 9.81. The Kier molecular flexibility index (Phi) is 6.08. The second kappa shape index (κ2) is 7.82. The van der Waals surface area contributed by atoms with E-state index in [0.29, 0.717) is 15.6 Å². The number of carbonyl (C=O) groups is 1. The molecule has 0 spiro atoms. The summed E-state index contributed by atoms with van der Waals surface area (Å²) in [5.41, 5.74) is 0.579. The van der Waals surface area contributed by atoms with Crippen LogP contribution >= 0.6 is 23.2 Å². The molecule has 2 nitrogen and oxygen atoms in total. The first kappa shape index (κ1) is 16.3. The van der Waals surface area contributed by atoms with Crippen molar-refractivity contribution in [1.29, 1.82) is 5.26 Å². The summed E-state index contributed by atoms with van der Waals surface area (Å²) in [4.78, 5) is 12.7. The SMILES string of the molecule is N#CC(C(=O)C1CCCCCCC1)c1ccc(Cl)cc1Cl. The second-order valence-corrected chi connectivity index (χ2v) is 6.52. The molecule has 2 rings (SSSR count). The molecule has 0 saturated heterocycles. The lowest BCUT2D eigenvalue weighted by Crippen LogP contribution is -2.22. The van der Waals surface area contributed by atoms with Gasteiger partial charge in [-0.3, -0.25) is 4.79 Å². The summed E-state index contributed by atoms with van der Waals surface area (Å²) in [5.74, 6) is -0.774. The molecule has 0 heterocycles. The number of hydrogen-bond donors (Lipinski definition) is 0. The van der Waals surface area contributed by atoms with Crippen LogP contribution < -0.4 is 0 Å². The summed E-state index contributed by atoms with van der Waals surface area (Å²) < 4.78 is 0. The van der Waals surface area contributed by atoms with E-state index >= 15 is 0 Å². The number of carbonyl (C=O) groups excluding carboxylic acids is 1. The van der Waals surface area contributed by atoms with E-state index in [0.717, 1.165) is 25.7 Å². The molecule has 0 N–H and O–H groups in total. The molecule has 1 aromatic rings. The zero-order chi connectivity index (χ0) is 15.2. The third-order valence-electron chi connectivity index (χ3n) is 4.19. The largest absolute Gasteiger partial charge is 0.298 e. The Hall–Kier alpha value is -1.04. The predicted molar refractivity (Wildman–Crippen MR) is 85.6 cm³/mol. The number of rotatable bonds is 3. The molecule has 0 aliphatic heterocycles. The van der Waals surface area contributed by atoms with E-state index in [1.165, 1.54) is 19.3 Å². The van der Waals surface area contributed by atoms with E-state index in [9.17, 15) is 10.1 Å². The van der Waals surface area contributed by atoms with Gasteiger partial charge in [0.05, 0.1) is 6.07 Å². The molecule has 1 aromatic carbocycles. The summed E-state index contributed by atoms with van der Waals surface area (Å²) in [7, 11) is 0. The molecule has 0 radical (unpaired) electrons. The van der Waals surface area contributed by atoms with Gasteiger partial charge in [0.2, 0.25) is 0 Å². The van der Waals surface area contributed by atoms with E-state index in [1.807, 2.05) is 0 Å². The molecule has 1 aliphatic carbocycles. The lowest BCUT2D eigenvalue weighted by molar-refractivity contribution is -0.123. The minimum absolute atomic E-state index is 0.0123. The molecule has 1 unspecified atom stereocenters. The quantitative estimate of drug-likeness (QED) is 0.733. The van der Waals surface area contributed by atoms with E-state index in [2.05, 4.69) is 6.07 Å². The number of nitrogens with zero attached hydrogens (tertiary/aromatic N) is 1. The molecular weight excluding hydrogens is 305 g/mol. The fourth-order valence-corrected chi connectivity index (χ4v) is 3.52. The van der Waals surface area contributed by atoms with Gasteiger partial charge in [0, 0.05) is 16.0 Å². The van der Waals surface area contributed by atoms with Gasteiger partial charge in [-0.1, -0.05) is 61.4 Å². The van der Waals surface area contributed by atoms with Gasteiger partial charge in [0.25, 0.3) is 0 Å². The van der Waals surface area contributed by atoms with Crippen LogP contribution in [-0.4, -0.2) is 5.78 Å². The van der Waals surface area contributed by atoms with Crippen LogP contribution in [0, 0.1) is 17.2 Å². The third-order valence-corrected chi connectivity index (χ3v) is 4.76. The standard InChI is InChI=1S/C17H19Cl2NO/c18-13-8-9-14(16(19)10-13)15(11-20)17(21)12-6-4-2-1-3-5-7-12/h8-10,12,15H,1-7H2. The third kappa shape index (κ3) is 4.22. The van der Waals surface area contributed by atoms with Crippen LogP contribution in [0.3, 0.4) is 0 Å². The van der Waals surface area contributed by atoms with Crippen LogP contribution in [0.25, 0.3) is 0 Å². The molecule has 1 saturated carbocycles. The highest BCUT2D eigenvalue weighted by Crippen LogP contribution is 2.33. The average Bonchev–Trinajstić information content (AvgIpc) is 2.41. The number of halogens is 2. The maximum atomic E-state index is 12.7. The number of nitriles is 1. The Morgan fingerprint density at radius 2 is 1.76 bits per heavy atom. The van der Waals surface area contributed by atoms with Gasteiger partial charge in [-0.05, 0) is 30.5 Å².